The van der Waals surface area contributed by atoms with Crippen molar-refractivity contribution in [2.24, 2.45) is 0 Å². The minimum atomic E-state index is -0.187. The Hall–Kier alpha value is -3.54. The Morgan fingerprint density at radius 3 is 2.32 bits per heavy atom. The van der Waals surface area contributed by atoms with E-state index in [-0.39, 0.29) is 5.91 Å². The molecule has 3 aromatic carbocycles. The lowest BCUT2D eigenvalue weighted by Gasteiger charge is -2.37. The third kappa shape index (κ3) is 5.87. The molecule has 0 unspecified atom stereocenters. The van der Waals surface area contributed by atoms with Gasteiger partial charge in [0, 0.05) is 43.2 Å². The zero-order chi connectivity index (χ0) is 23.9. The number of nitrogens with one attached hydrogen (secondary N) is 1. The number of carbonyl (C=O) groups is 1. The number of para-hydroxylation sites is 2. The van der Waals surface area contributed by atoms with Gasteiger partial charge in [0.25, 0.3) is 5.91 Å². The van der Waals surface area contributed by atoms with Crippen molar-refractivity contribution < 1.29 is 4.79 Å². The first-order valence-electron chi connectivity index (χ1n) is 10.9. The highest BCUT2D eigenvalue weighted by atomic mass is 32.2. The minimum Gasteiger partial charge on any atom is -0.397 e. The third-order valence-electron chi connectivity index (χ3n) is 5.69. The van der Waals surface area contributed by atoms with Crippen LogP contribution in [0.15, 0.2) is 72.8 Å². The van der Waals surface area contributed by atoms with E-state index < -0.39 is 0 Å². The molecule has 0 spiro atoms. The molecular weight excluding hydrogens is 462 g/mol. The van der Waals surface area contributed by atoms with Crippen LogP contribution in [0.5, 0.6) is 0 Å². The molecule has 3 N–H and O–H groups in total. The molecule has 1 aliphatic rings. The van der Waals surface area contributed by atoms with Gasteiger partial charge in [-0.2, -0.15) is 5.26 Å². The number of rotatable bonds is 5. The van der Waals surface area contributed by atoms with Crippen LogP contribution in [0.1, 0.15) is 21.5 Å². The number of carbonyl (C=O) groups excluding carboxylic acids is 1. The molecule has 3 aromatic rings. The number of amides is 1. The van der Waals surface area contributed by atoms with E-state index in [2.05, 4.69) is 21.2 Å². The lowest BCUT2D eigenvalue weighted by Crippen LogP contribution is -2.47. The van der Waals surface area contributed by atoms with E-state index in [9.17, 15) is 4.79 Å². The molecule has 6 nitrogen and oxygen atoms in total. The van der Waals surface area contributed by atoms with Gasteiger partial charge in [-0.05, 0) is 54.1 Å². The largest absolute Gasteiger partial charge is 0.397 e. The Morgan fingerprint density at radius 1 is 1.00 bits per heavy atom. The number of hydrogen-bond acceptors (Lipinski definition) is 6. The molecule has 1 amide bonds. The van der Waals surface area contributed by atoms with Crippen molar-refractivity contribution in [2.45, 2.75) is 5.75 Å². The summed E-state index contributed by atoms with van der Waals surface area (Å²) in [7, 11) is 0. The number of anilines is 3. The van der Waals surface area contributed by atoms with Crippen LogP contribution >= 0.6 is 24.0 Å². The van der Waals surface area contributed by atoms with Gasteiger partial charge < -0.3 is 20.9 Å². The number of thioether (sulfide) groups is 1. The molecule has 0 radical (unpaired) electrons. The van der Waals surface area contributed by atoms with Crippen LogP contribution in [0.3, 0.4) is 0 Å². The van der Waals surface area contributed by atoms with Crippen LogP contribution < -0.4 is 16.0 Å². The van der Waals surface area contributed by atoms with E-state index in [4.69, 9.17) is 23.2 Å². The molecule has 1 fully saturated rings. The van der Waals surface area contributed by atoms with Crippen molar-refractivity contribution in [1.29, 1.82) is 5.26 Å². The molecule has 0 saturated carbocycles. The fourth-order valence-electron chi connectivity index (χ4n) is 3.69. The highest BCUT2D eigenvalue weighted by molar-refractivity contribution is 8.22. The van der Waals surface area contributed by atoms with Gasteiger partial charge in [-0.25, -0.2) is 0 Å². The second-order valence-electron chi connectivity index (χ2n) is 7.93. The van der Waals surface area contributed by atoms with Gasteiger partial charge in [-0.15, -0.1) is 0 Å². The van der Waals surface area contributed by atoms with Crippen molar-refractivity contribution in [1.82, 2.24) is 4.90 Å². The van der Waals surface area contributed by atoms with E-state index in [0.29, 0.717) is 22.5 Å². The number of benzene rings is 3. The Bertz CT molecular complexity index is 1200. The first-order chi connectivity index (χ1) is 16.5. The smallest absolute Gasteiger partial charge is 0.255 e. The summed E-state index contributed by atoms with van der Waals surface area (Å²) in [4.78, 5) is 17.1. The molecule has 1 heterocycles. The van der Waals surface area contributed by atoms with E-state index in [1.807, 2.05) is 60.7 Å². The number of nitriles is 1. The Kier molecular flexibility index (Phi) is 7.68. The average molecular weight is 488 g/mol. The predicted octanol–water partition coefficient (Wildman–Crippen LogP) is 4.73. The molecule has 8 heteroatoms. The van der Waals surface area contributed by atoms with E-state index >= 15 is 0 Å². The first-order valence-corrected chi connectivity index (χ1v) is 12.3. The highest BCUT2D eigenvalue weighted by Gasteiger charge is 2.19. The van der Waals surface area contributed by atoms with Gasteiger partial charge in [0.15, 0.2) is 0 Å². The van der Waals surface area contributed by atoms with E-state index in [1.54, 1.807) is 23.9 Å². The summed E-state index contributed by atoms with van der Waals surface area (Å²) in [6, 6.07) is 24.6. The Balaban J connectivity index is 1.24. The summed E-state index contributed by atoms with van der Waals surface area (Å²) in [6.45, 7) is 3.52. The standard InChI is InChI=1S/C26H25N5OS2/c27-17-19-7-11-22(12-8-19)30-13-15-31(16-14-30)26(33)34-18-20-5-9-21(10-6-20)25(32)29-24-4-2-1-3-23(24)28/h1-12H,13-16,18,28H2,(H,29,32). The molecule has 1 saturated heterocycles. The van der Waals surface area contributed by atoms with Gasteiger partial charge >= 0.3 is 0 Å². The van der Waals surface area contributed by atoms with Crippen molar-refractivity contribution in [3.63, 3.8) is 0 Å². The van der Waals surface area contributed by atoms with Gasteiger partial charge in [-0.3, -0.25) is 4.79 Å². The number of nitrogens with two attached hydrogens (primary N) is 1. The number of piperazine rings is 1. The molecule has 0 bridgehead atoms. The van der Waals surface area contributed by atoms with Crippen LogP contribution in [0, 0.1) is 11.3 Å². The van der Waals surface area contributed by atoms with Gasteiger partial charge in [0.05, 0.1) is 23.0 Å². The van der Waals surface area contributed by atoms with E-state index in [1.165, 1.54) is 0 Å². The maximum atomic E-state index is 12.5. The van der Waals surface area contributed by atoms with Gasteiger partial charge in [0.2, 0.25) is 0 Å². The van der Waals surface area contributed by atoms with Crippen LogP contribution in [-0.2, 0) is 5.75 Å². The lowest BCUT2D eigenvalue weighted by molar-refractivity contribution is 0.102. The second kappa shape index (κ2) is 11.1. The van der Waals surface area contributed by atoms with Gasteiger partial charge in [-0.1, -0.05) is 48.2 Å². The molecule has 34 heavy (non-hydrogen) atoms. The molecule has 1 aliphatic heterocycles. The topological polar surface area (TPSA) is 85.4 Å². The first kappa shape index (κ1) is 23.6. The monoisotopic (exact) mass is 487 g/mol. The molecule has 0 atom stereocenters. The van der Waals surface area contributed by atoms with Crippen molar-refractivity contribution >= 4 is 51.3 Å². The van der Waals surface area contributed by atoms with Gasteiger partial charge in [0.1, 0.15) is 4.32 Å². The quantitative estimate of drug-likeness (QED) is 0.397. The Labute approximate surface area is 209 Å². The summed E-state index contributed by atoms with van der Waals surface area (Å²) >= 11 is 7.31. The fraction of sp³-hybridized carbons (Fsp3) is 0.192. The third-order valence-corrected chi connectivity index (χ3v) is 7.28. The van der Waals surface area contributed by atoms with Crippen LogP contribution in [-0.4, -0.2) is 41.3 Å². The normalized spacial score (nSPS) is 13.3. The lowest BCUT2D eigenvalue weighted by atomic mass is 10.1. The van der Waals surface area contributed by atoms with Crippen LogP contribution in [0.4, 0.5) is 17.1 Å². The van der Waals surface area contributed by atoms with Crippen molar-refractivity contribution in [3.05, 3.63) is 89.5 Å². The van der Waals surface area contributed by atoms with Crippen LogP contribution in [0.2, 0.25) is 0 Å². The molecular formula is C26H25N5OS2. The number of nitrogen functional groups attached to an aromatic ring is 1. The molecule has 0 aromatic heterocycles. The summed E-state index contributed by atoms with van der Waals surface area (Å²) in [5.74, 6) is 0.565. The van der Waals surface area contributed by atoms with E-state index in [0.717, 1.165) is 47.5 Å². The Morgan fingerprint density at radius 2 is 1.68 bits per heavy atom. The molecule has 0 aliphatic carbocycles. The summed E-state index contributed by atoms with van der Waals surface area (Å²) in [5, 5.41) is 11.8. The zero-order valence-corrected chi connectivity index (χ0v) is 20.2. The summed E-state index contributed by atoms with van der Waals surface area (Å²) in [5.41, 5.74) is 10.6. The van der Waals surface area contributed by atoms with Crippen molar-refractivity contribution in [3.8, 4) is 6.07 Å². The number of thiocarbonyl (C=S) groups is 1. The fourth-order valence-corrected chi connectivity index (χ4v) is 4.90. The highest BCUT2D eigenvalue weighted by Crippen LogP contribution is 2.22. The van der Waals surface area contributed by atoms with Crippen molar-refractivity contribution in [2.75, 3.05) is 42.1 Å². The van der Waals surface area contributed by atoms with Crippen LogP contribution in [0.25, 0.3) is 0 Å². The number of hydrogen-bond donors (Lipinski definition) is 2. The second-order valence-corrected chi connectivity index (χ2v) is 9.53. The predicted molar refractivity (Wildman–Crippen MR) is 144 cm³/mol. The number of nitrogens with zero attached hydrogens (tertiary/aromatic N) is 3. The molecule has 4 rings (SSSR count). The maximum absolute atomic E-state index is 12.5. The summed E-state index contributed by atoms with van der Waals surface area (Å²) in [6.07, 6.45) is 0. The minimum absolute atomic E-state index is 0.187. The maximum Gasteiger partial charge on any atom is 0.255 e. The average Bonchev–Trinajstić information content (AvgIpc) is 2.89. The zero-order valence-electron chi connectivity index (χ0n) is 18.6. The molecule has 172 valence electrons. The SMILES string of the molecule is N#Cc1ccc(N2CCN(C(=S)SCc3ccc(C(=O)Nc4ccccc4N)cc3)CC2)cc1. The summed E-state index contributed by atoms with van der Waals surface area (Å²) < 4.78 is 0.890.